The van der Waals surface area contributed by atoms with Crippen molar-refractivity contribution in [2.75, 3.05) is 32.1 Å². The molecule has 0 saturated carbocycles. The first-order chi connectivity index (χ1) is 16.4. The van der Waals surface area contributed by atoms with Crippen LogP contribution in [-0.4, -0.2) is 48.7 Å². The normalized spacial score (nSPS) is 18.5. The summed E-state index contributed by atoms with van der Waals surface area (Å²) in [6.07, 6.45) is 4.13. The van der Waals surface area contributed by atoms with Crippen LogP contribution in [0.15, 0.2) is 36.7 Å². The van der Waals surface area contributed by atoms with Gasteiger partial charge in [-0.3, -0.25) is 9.78 Å². The first kappa shape index (κ1) is 22.6. The summed E-state index contributed by atoms with van der Waals surface area (Å²) in [5.74, 6) is 1.02. The number of anilines is 2. The molecule has 34 heavy (non-hydrogen) atoms. The highest BCUT2D eigenvalue weighted by molar-refractivity contribution is 6.32. The van der Waals surface area contributed by atoms with Crippen LogP contribution in [0.5, 0.6) is 11.5 Å². The number of carbonyl (C=O) groups excluding carboxylic acids is 1. The summed E-state index contributed by atoms with van der Waals surface area (Å²) in [6, 6.07) is 7.61. The van der Waals surface area contributed by atoms with Crippen LogP contribution >= 0.6 is 11.6 Å². The minimum Gasteiger partial charge on any atom is -0.493 e. The molecule has 0 spiro atoms. The van der Waals surface area contributed by atoms with E-state index in [0.29, 0.717) is 53.0 Å². The van der Waals surface area contributed by atoms with Crippen molar-refractivity contribution in [3.8, 4) is 22.8 Å². The molecule has 9 heteroatoms. The number of benzene rings is 1. The second kappa shape index (κ2) is 8.85. The van der Waals surface area contributed by atoms with Crippen LogP contribution in [0.25, 0.3) is 11.3 Å². The average Bonchev–Trinajstić information content (AvgIpc) is 3.18. The van der Waals surface area contributed by atoms with Gasteiger partial charge in [-0.1, -0.05) is 31.5 Å². The van der Waals surface area contributed by atoms with Crippen LogP contribution in [0.4, 0.5) is 11.4 Å². The van der Waals surface area contributed by atoms with E-state index in [-0.39, 0.29) is 17.4 Å². The molecule has 2 aromatic heterocycles. The van der Waals surface area contributed by atoms with Crippen molar-refractivity contribution < 1.29 is 14.3 Å². The number of halogens is 1. The molecule has 1 amide bonds. The van der Waals surface area contributed by atoms with E-state index in [1.807, 2.05) is 18.2 Å². The first-order valence-corrected chi connectivity index (χ1v) is 11.7. The zero-order chi connectivity index (χ0) is 23.9. The summed E-state index contributed by atoms with van der Waals surface area (Å²) in [5, 5.41) is 10.3. The van der Waals surface area contributed by atoms with Crippen molar-refractivity contribution in [3.63, 3.8) is 0 Å². The van der Waals surface area contributed by atoms with E-state index < -0.39 is 0 Å². The van der Waals surface area contributed by atoms with E-state index in [0.717, 1.165) is 23.5 Å². The second-order valence-corrected chi connectivity index (χ2v) is 9.69. The Morgan fingerprint density at radius 1 is 1.29 bits per heavy atom. The summed E-state index contributed by atoms with van der Waals surface area (Å²) in [4.78, 5) is 20.7. The molecule has 0 aliphatic carbocycles. The minimum atomic E-state index is -0.135. The van der Waals surface area contributed by atoms with Crippen molar-refractivity contribution in [2.45, 2.75) is 26.3 Å². The molecule has 1 saturated heterocycles. The summed E-state index contributed by atoms with van der Waals surface area (Å²) in [5.41, 5.74) is 4.50. The zero-order valence-electron chi connectivity index (χ0n) is 19.4. The van der Waals surface area contributed by atoms with E-state index in [9.17, 15) is 4.79 Å². The summed E-state index contributed by atoms with van der Waals surface area (Å²) in [6.45, 7) is 6.51. The molecule has 4 heterocycles. The van der Waals surface area contributed by atoms with Gasteiger partial charge in [-0.05, 0) is 23.6 Å². The maximum absolute atomic E-state index is 12.9. The lowest BCUT2D eigenvalue weighted by Gasteiger charge is -2.45. The van der Waals surface area contributed by atoms with Crippen LogP contribution in [-0.2, 0) is 6.42 Å². The predicted octanol–water partition coefficient (Wildman–Crippen LogP) is 4.15. The fourth-order valence-corrected chi connectivity index (χ4v) is 4.72. The Morgan fingerprint density at radius 3 is 2.88 bits per heavy atom. The third kappa shape index (κ3) is 3.97. The molecule has 1 aromatic carbocycles. The number of amides is 1. The van der Waals surface area contributed by atoms with Crippen LogP contribution < -0.4 is 25.4 Å². The van der Waals surface area contributed by atoms with Crippen molar-refractivity contribution in [3.05, 3.63) is 52.9 Å². The lowest BCUT2D eigenvalue weighted by atomic mass is 9.78. The van der Waals surface area contributed by atoms with E-state index in [1.165, 1.54) is 0 Å². The zero-order valence-corrected chi connectivity index (χ0v) is 20.2. The maximum Gasteiger partial charge on any atom is 0.255 e. The number of hydrogen-bond donors (Lipinski definition) is 4. The molecule has 2 aliphatic rings. The number of fused-ring (bicyclic) bond motifs is 1. The van der Waals surface area contributed by atoms with Gasteiger partial charge in [0.05, 0.1) is 41.0 Å². The summed E-state index contributed by atoms with van der Waals surface area (Å²) < 4.78 is 11.8. The number of aromatic amines is 1. The van der Waals surface area contributed by atoms with Crippen LogP contribution in [0.1, 0.15) is 29.9 Å². The van der Waals surface area contributed by atoms with Gasteiger partial charge in [0.15, 0.2) is 5.75 Å². The van der Waals surface area contributed by atoms with Crippen LogP contribution in [0, 0.1) is 5.41 Å². The Morgan fingerprint density at radius 2 is 2.15 bits per heavy atom. The largest absolute Gasteiger partial charge is 0.493 e. The monoisotopic (exact) mass is 481 g/mol. The molecule has 4 N–H and O–H groups in total. The molecule has 0 radical (unpaired) electrons. The number of methoxy groups -OCH3 is 1. The Kier molecular flexibility index (Phi) is 5.87. The quantitative estimate of drug-likeness (QED) is 0.404. The first-order valence-electron chi connectivity index (χ1n) is 11.3. The van der Waals surface area contributed by atoms with E-state index in [2.05, 4.69) is 39.8 Å². The third-order valence-electron chi connectivity index (χ3n) is 6.60. The number of pyridine rings is 1. The number of nitrogens with one attached hydrogen (secondary N) is 4. The van der Waals surface area contributed by atoms with Gasteiger partial charge < -0.3 is 30.4 Å². The molecule has 0 bridgehead atoms. The van der Waals surface area contributed by atoms with Gasteiger partial charge in [-0.15, -0.1) is 0 Å². The van der Waals surface area contributed by atoms with Gasteiger partial charge in [0.25, 0.3) is 5.91 Å². The minimum absolute atomic E-state index is 0.135. The molecule has 2 aliphatic heterocycles. The van der Waals surface area contributed by atoms with Crippen LogP contribution in [0.2, 0.25) is 5.02 Å². The second-order valence-electron chi connectivity index (χ2n) is 9.29. The predicted molar refractivity (Wildman–Crippen MR) is 132 cm³/mol. The fraction of sp³-hybridized carbons (Fsp3) is 0.360. The summed E-state index contributed by atoms with van der Waals surface area (Å²) in [7, 11) is 1.57. The van der Waals surface area contributed by atoms with Gasteiger partial charge in [0.1, 0.15) is 12.4 Å². The van der Waals surface area contributed by atoms with E-state index in [4.69, 9.17) is 21.1 Å². The lowest BCUT2D eigenvalue weighted by Crippen LogP contribution is -2.61. The van der Waals surface area contributed by atoms with E-state index in [1.54, 1.807) is 25.6 Å². The average molecular weight is 482 g/mol. The Balaban J connectivity index is 1.57. The number of aromatic nitrogens is 2. The van der Waals surface area contributed by atoms with Crippen molar-refractivity contribution in [1.82, 2.24) is 20.6 Å². The fourth-order valence-electron chi connectivity index (χ4n) is 4.47. The molecule has 3 aromatic rings. The number of rotatable bonds is 7. The highest BCUT2D eigenvalue weighted by atomic mass is 35.5. The van der Waals surface area contributed by atoms with E-state index >= 15 is 0 Å². The van der Waals surface area contributed by atoms with Crippen molar-refractivity contribution in [1.29, 1.82) is 0 Å². The van der Waals surface area contributed by atoms with Gasteiger partial charge in [0.2, 0.25) is 0 Å². The van der Waals surface area contributed by atoms with Crippen LogP contribution in [0.3, 0.4) is 0 Å². The number of H-pyrrole nitrogens is 1. The molecule has 178 valence electrons. The van der Waals surface area contributed by atoms with Gasteiger partial charge >= 0.3 is 0 Å². The van der Waals surface area contributed by atoms with Crippen molar-refractivity contribution >= 4 is 28.9 Å². The highest BCUT2D eigenvalue weighted by Gasteiger charge is 2.38. The van der Waals surface area contributed by atoms with Gasteiger partial charge in [-0.2, -0.15) is 0 Å². The third-order valence-corrected chi connectivity index (χ3v) is 6.90. The highest BCUT2D eigenvalue weighted by Crippen LogP contribution is 2.43. The lowest BCUT2D eigenvalue weighted by molar-refractivity contribution is 0.0786. The molecule has 1 atom stereocenters. The topological polar surface area (TPSA) is 100 Å². The molecular weight excluding hydrogens is 454 g/mol. The molecule has 1 fully saturated rings. The number of carbonyl (C=O) groups is 1. The number of ether oxygens (including phenoxy) is 2. The molecule has 8 nitrogen and oxygen atoms in total. The Hall–Kier alpha value is -3.23. The Bertz CT molecular complexity index is 1240. The number of nitrogens with zero attached hydrogens (tertiary/aromatic N) is 1. The smallest absolute Gasteiger partial charge is 0.255 e. The SMILES string of the molecule is COc1c(Cl)cccc1Nc1c(-c2ccncc2OCC2NCC2(C)C)[nH]c2c1C(=O)NCC2. The van der Waals surface area contributed by atoms with Crippen molar-refractivity contribution in [2.24, 2.45) is 5.41 Å². The Labute approximate surface area is 203 Å². The molecule has 1 unspecified atom stereocenters. The number of para-hydroxylation sites is 1. The molecule has 5 rings (SSSR count). The van der Waals surface area contributed by atoms with Gasteiger partial charge in [0, 0.05) is 43.0 Å². The summed E-state index contributed by atoms with van der Waals surface area (Å²) >= 11 is 6.35. The maximum atomic E-state index is 12.9. The number of hydrogen-bond acceptors (Lipinski definition) is 6. The standard InChI is InChI=1S/C25H28ClN5O3/c1-25(2)13-29-19(25)12-34-18-11-27-9-7-14(18)21-22(20-16(30-21)8-10-28-24(20)32)31-17-6-4-5-15(26)23(17)33-3/h4-7,9,11,19,29-31H,8,10,12-13H2,1-3H3,(H,28,32). The molecular formula is C25H28ClN5O3. The van der Waals surface area contributed by atoms with Gasteiger partial charge in [-0.25, -0.2) is 0 Å².